The minimum atomic E-state index is 0.405. The Morgan fingerprint density at radius 2 is 2.00 bits per heavy atom. The van der Waals surface area contributed by atoms with Gasteiger partial charge in [0.15, 0.2) is 0 Å². The zero-order chi connectivity index (χ0) is 14.8. The third-order valence-corrected chi connectivity index (χ3v) is 3.80. The lowest BCUT2D eigenvalue weighted by Crippen LogP contribution is -2.06. The second-order valence-electron chi connectivity index (χ2n) is 5.70. The summed E-state index contributed by atoms with van der Waals surface area (Å²) in [5, 5.41) is 9.17. The highest BCUT2D eigenvalue weighted by molar-refractivity contribution is 5.83. The number of hydrogen-bond acceptors (Lipinski definition) is 2. The SMILES string of the molecule is CNCc1cccc2c1ccn2Cc1ccn(C(C)C)n1. The second kappa shape index (κ2) is 5.74. The smallest absolute Gasteiger partial charge is 0.0821 e. The number of hydrogen-bond donors (Lipinski definition) is 1. The van der Waals surface area contributed by atoms with Gasteiger partial charge in [0.05, 0.1) is 12.2 Å². The van der Waals surface area contributed by atoms with Crippen molar-refractivity contribution in [3.63, 3.8) is 0 Å². The predicted octanol–water partition coefficient (Wildman–Crippen LogP) is 3.19. The lowest BCUT2D eigenvalue weighted by Gasteiger charge is -2.07. The average Bonchev–Trinajstić information content (AvgIpc) is 3.08. The molecule has 0 saturated carbocycles. The van der Waals surface area contributed by atoms with Crippen LogP contribution in [0, 0.1) is 0 Å². The van der Waals surface area contributed by atoms with Crippen molar-refractivity contribution < 1.29 is 0 Å². The molecule has 0 saturated heterocycles. The Balaban J connectivity index is 1.92. The van der Waals surface area contributed by atoms with Crippen LogP contribution in [-0.4, -0.2) is 21.4 Å². The van der Waals surface area contributed by atoms with Crippen LogP contribution in [0.25, 0.3) is 10.9 Å². The minimum absolute atomic E-state index is 0.405. The van der Waals surface area contributed by atoms with Gasteiger partial charge in [0.25, 0.3) is 0 Å². The number of aromatic nitrogens is 3. The topological polar surface area (TPSA) is 34.8 Å². The van der Waals surface area contributed by atoms with Gasteiger partial charge in [-0.05, 0) is 44.7 Å². The first-order chi connectivity index (χ1) is 10.2. The van der Waals surface area contributed by atoms with Crippen molar-refractivity contribution in [2.45, 2.75) is 33.0 Å². The van der Waals surface area contributed by atoms with Crippen molar-refractivity contribution in [1.29, 1.82) is 0 Å². The van der Waals surface area contributed by atoms with Crippen LogP contribution in [0.15, 0.2) is 42.7 Å². The molecule has 21 heavy (non-hydrogen) atoms. The maximum atomic E-state index is 4.63. The predicted molar refractivity (Wildman–Crippen MR) is 86.4 cm³/mol. The molecule has 2 aromatic heterocycles. The molecule has 2 heterocycles. The highest BCUT2D eigenvalue weighted by Crippen LogP contribution is 2.21. The van der Waals surface area contributed by atoms with Crippen LogP contribution in [0.1, 0.15) is 31.1 Å². The molecule has 0 aliphatic heterocycles. The Morgan fingerprint density at radius 3 is 2.71 bits per heavy atom. The maximum Gasteiger partial charge on any atom is 0.0821 e. The highest BCUT2D eigenvalue weighted by Gasteiger charge is 2.07. The molecule has 1 N–H and O–H groups in total. The number of fused-ring (bicyclic) bond motifs is 1. The van der Waals surface area contributed by atoms with E-state index < -0.39 is 0 Å². The summed E-state index contributed by atoms with van der Waals surface area (Å²) in [6.07, 6.45) is 4.20. The summed E-state index contributed by atoms with van der Waals surface area (Å²) >= 11 is 0. The van der Waals surface area contributed by atoms with Gasteiger partial charge in [0.1, 0.15) is 0 Å². The van der Waals surface area contributed by atoms with E-state index in [9.17, 15) is 0 Å². The van der Waals surface area contributed by atoms with Gasteiger partial charge >= 0.3 is 0 Å². The Hall–Kier alpha value is -2.07. The minimum Gasteiger partial charge on any atom is -0.341 e. The first-order valence-electron chi connectivity index (χ1n) is 7.44. The number of nitrogens with one attached hydrogen (secondary N) is 1. The van der Waals surface area contributed by atoms with Gasteiger partial charge in [0, 0.05) is 35.9 Å². The molecular formula is C17H22N4. The third kappa shape index (κ3) is 2.72. The lowest BCUT2D eigenvalue weighted by molar-refractivity contribution is 0.524. The number of rotatable bonds is 5. The van der Waals surface area contributed by atoms with Crippen molar-refractivity contribution in [2.75, 3.05) is 7.05 Å². The van der Waals surface area contributed by atoms with E-state index in [2.05, 4.69) is 71.6 Å². The molecule has 4 heteroatoms. The Bertz CT molecular complexity index is 736. The summed E-state index contributed by atoms with van der Waals surface area (Å²) in [4.78, 5) is 0. The van der Waals surface area contributed by atoms with Crippen molar-refractivity contribution in [3.8, 4) is 0 Å². The van der Waals surface area contributed by atoms with Crippen molar-refractivity contribution in [3.05, 3.63) is 54.0 Å². The number of nitrogens with zero attached hydrogens (tertiary/aromatic N) is 3. The van der Waals surface area contributed by atoms with Gasteiger partial charge in [-0.1, -0.05) is 12.1 Å². The summed E-state index contributed by atoms with van der Waals surface area (Å²) in [6.45, 7) is 5.99. The molecule has 3 rings (SSSR count). The highest BCUT2D eigenvalue weighted by atomic mass is 15.3. The van der Waals surface area contributed by atoms with Crippen molar-refractivity contribution in [2.24, 2.45) is 0 Å². The third-order valence-electron chi connectivity index (χ3n) is 3.80. The molecule has 0 unspecified atom stereocenters. The summed E-state index contributed by atoms with van der Waals surface area (Å²) < 4.78 is 4.27. The molecule has 0 fully saturated rings. The molecule has 4 nitrogen and oxygen atoms in total. The zero-order valence-electron chi connectivity index (χ0n) is 12.9. The van der Waals surface area contributed by atoms with Crippen LogP contribution in [0.4, 0.5) is 0 Å². The van der Waals surface area contributed by atoms with Crippen LogP contribution in [0.2, 0.25) is 0 Å². The molecule has 1 aromatic carbocycles. The molecule has 3 aromatic rings. The molecule has 0 aliphatic rings. The second-order valence-corrected chi connectivity index (χ2v) is 5.70. The fraction of sp³-hybridized carbons (Fsp3) is 0.353. The summed E-state index contributed by atoms with van der Waals surface area (Å²) in [7, 11) is 1.98. The molecule has 0 atom stereocenters. The van der Waals surface area contributed by atoms with Gasteiger partial charge in [-0.15, -0.1) is 0 Å². The Kier molecular flexibility index (Phi) is 3.80. The van der Waals surface area contributed by atoms with Crippen LogP contribution < -0.4 is 5.32 Å². The van der Waals surface area contributed by atoms with E-state index in [0.29, 0.717) is 6.04 Å². The Morgan fingerprint density at radius 1 is 1.14 bits per heavy atom. The monoisotopic (exact) mass is 282 g/mol. The van der Waals surface area contributed by atoms with Gasteiger partial charge < -0.3 is 9.88 Å². The zero-order valence-corrected chi connectivity index (χ0v) is 12.9. The molecule has 0 spiro atoms. The quantitative estimate of drug-likeness (QED) is 0.780. The van der Waals surface area contributed by atoms with Crippen molar-refractivity contribution in [1.82, 2.24) is 19.7 Å². The normalized spacial score (nSPS) is 11.6. The van der Waals surface area contributed by atoms with Gasteiger partial charge in [-0.2, -0.15) is 5.10 Å². The van der Waals surface area contributed by atoms with E-state index in [1.54, 1.807) is 0 Å². The van der Waals surface area contributed by atoms with E-state index in [1.807, 2.05) is 11.7 Å². The van der Waals surface area contributed by atoms with E-state index in [1.165, 1.54) is 16.5 Å². The van der Waals surface area contributed by atoms with E-state index >= 15 is 0 Å². The summed E-state index contributed by atoms with van der Waals surface area (Å²) in [5.74, 6) is 0. The van der Waals surface area contributed by atoms with Gasteiger partial charge in [-0.25, -0.2) is 0 Å². The standard InChI is InChI=1S/C17H22N4/c1-13(2)21-10-7-15(19-21)12-20-9-8-16-14(11-18-3)5-4-6-17(16)20/h4-10,13,18H,11-12H2,1-3H3. The molecule has 0 bridgehead atoms. The van der Waals surface area contributed by atoms with Crippen LogP contribution in [0.5, 0.6) is 0 Å². The maximum absolute atomic E-state index is 4.63. The lowest BCUT2D eigenvalue weighted by atomic mass is 10.1. The fourth-order valence-electron chi connectivity index (χ4n) is 2.69. The Labute approximate surface area is 125 Å². The van der Waals surface area contributed by atoms with Gasteiger partial charge in [-0.3, -0.25) is 4.68 Å². The molecule has 0 aliphatic carbocycles. The van der Waals surface area contributed by atoms with Crippen LogP contribution in [0.3, 0.4) is 0 Å². The van der Waals surface area contributed by atoms with Crippen LogP contribution >= 0.6 is 0 Å². The molecule has 0 amide bonds. The van der Waals surface area contributed by atoms with Gasteiger partial charge in [0.2, 0.25) is 0 Å². The van der Waals surface area contributed by atoms with E-state index in [0.717, 1.165) is 18.8 Å². The first kappa shape index (κ1) is 13.9. The van der Waals surface area contributed by atoms with E-state index in [4.69, 9.17) is 0 Å². The molecule has 110 valence electrons. The number of benzene rings is 1. The largest absolute Gasteiger partial charge is 0.341 e. The van der Waals surface area contributed by atoms with Crippen LogP contribution in [-0.2, 0) is 13.1 Å². The molecule has 0 radical (unpaired) electrons. The summed E-state index contributed by atoms with van der Waals surface area (Å²) in [5.41, 5.74) is 3.70. The first-order valence-corrected chi connectivity index (χ1v) is 7.44. The van der Waals surface area contributed by atoms with Crippen molar-refractivity contribution >= 4 is 10.9 Å². The average molecular weight is 282 g/mol. The fourth-order valence-corrected chi connectivity index (χ4v) is 2.69. The molecular weight excluding hydrogens is 260 g/mol. The summed E-state index contributed by atoms with van der Waals surface area (Å²) in [6, 6.07) is 11.2. The van der Waals surface area contributed by atoms with E-state index in [-0.39, 0.29) is 0 Å².